The number of rotatable bonds is 3. The summed E-state index contributed by atoms with van der Waals surface area (Å²) in [6.45, 7) is 2.05. The summed E-state index contributed by atoms with van der Waals surface area (Å²) in [7, 11) is 1.59. The zero-order valence-electron chi connectivity index (χ0n) is 9.06. The van der Waals surface area contributed by atoms with Gasteiger partial charge in [-0.2, -0.15) is 14.6 Å². The number of hydrogen-bond acceptors (Lipinski definition) is 5. The molecule has 1 amide bonds. The molecule has 7 heteroatoms. The number of amides is 1. The van der Waals surface area contributed by atoms with Crippen molar-refractivity contribution in [2.75, 3.05) is 18.9 Å². The van der Waals surface area contributed by atoms with Gasteiger partial charge < -0.3 is 10.6 Å². The van der Waals surface area contributed by atoms with Gasteiger partial charge in [-0.05, 0) is 6.92 Å². The lowest BCUT2D eigenvalue weighted by Gasteiger charge is -2.07. The fraction of sp³-hybridized carbons (Fsp3) is 0.333. The lowest BCUT2D eigenvalue weighted by molar-refractivity contribution is -0.118. The Kier molecular flexibility index (Phi) is 2.67. The molecule has 2 N–H and O–H groups in total. The maximum Gasteiger partial charge on any atom is 0.254 e. The van der Waals surface area contributed by atoms with Crippen LogP contribution in [0.25, 0.3) is 5.78 Å². The molecule has 2 aromatic heterocycles. The molecule has 0 aliphatic heterocycles. The molecule has 2 heterocycles. The van der Waals surface area contributed by atoms with Crippen molar-refractivity contribution in [1.82, 2.24) is 24.9 Å². The minimum atomic E-state index is -0.0947. The predicted molar refractivity (Wildman–Crippen MR) is 58.1 cm³/mol. The normalized spacial score (nSPS) is 10.4. The van der Waals surface area contributed by atoms with Crippen molar-refractivity contribution in [2.45, 2.75) is 6.92 Å². The van der Waals surface area contributed by atoms with Crippen LogP contribution in [0.5, 0.6) is 0 Å². The number of aromatic nitrogens is 4. The summed E-state index contributed by atoms with van der Waals surface area (Å²) in [5.41, 5.74) is 0.819. The molecule has 0 saturated carbocycles. The van der Waals surface area contributed by atoms with Crippen LogP contribution in [0, 0.1) is 6.92 Å². The van der Waals surface area contributed by atoms with Gasteiger partial charge in [-0.15, -0.1) is 0 Å². The molecule has 2 rings (SSSR count). The molecule has 0 fully saturated rings. The van der Waals surface area contributed by atoms with E-state index in [4.69, 9.17) is 0 Å². The topological polar surface area (TPSA) is 84.2 Å². The SMILES string of the molecule is CNC(=O)CNc1cc(C)nc2ncnn12. The van der Waals surface area contributed by atoms with Gasteiger partial charge in [-0.3, -0.25) is 4.79 Å². The molecule has 2 aromatic rings. The summed E-state index contributed by atoms with van der Waals surface area (Å²) in [6, 6.07) is 1.81. The largest absolute Gasteiger partial charge is 0.361 e. The van der Waals surface area contributed by atoms with E-state index in [2.05, 4.69) is 25.7 Å². The highest BCUT2D eigenvalue weighted by Gasteiger charge is 2.06. The highest BCUT2D eigenvalue weighted by Crippen LogP contribution is 2.09. The standard InChI is InChI=1S/C9H12N6O/c1-6-3-7(11-4-8(16)10-2)15-9(14-6)12-5-13-15/h3,5,11H,4H2,1-2H3,(H,10,16). The average molecular weight is 220 g/mol. The maximum absolute atomic E-state index is 11.1. The molecule has 0 aliphatic carbocycles. The highest BCUT2D eigenvalue weighted by molar-refractivity contribution is 5.80. The number of carbonyl (C=O) groups is 1. The molecular formula is C9H12N6O. The monoisotopic (exact) mass is 220 g/mol. The van der Waals surface area contributed by atoms with Crippen molar-refractivity contribution in [1.29, 1.82) is 0 Å². The van der Waals surface area contributed by atoms with Crippen molar-refractivity contribution in [2.24, 2.45) is 0 Å². The Hall–Kier alpha value is -2.18. The molecule has 7 nitrogen and oxygen atoms in total. The second-order valence-electron chi connectivity index (χ2n) is 3.28. The molecule has 0 unspecified atom stereocenters. The molecule has 84 valence electrons. The van der Waals surface area contributed by atoms with E-state index in [0.29, 0.717) is 11.6 Å². The first-order chi connectivity index (χ1) is 7.70. The van der Waals surface area contributed by atoms with E-state index >= 15 is 0 Å². The van der Waals surface area contributed by atoms with Gasteiger partial charge >= 0.3 is 0 Å². The zero-order valence-corrected chi connectivity index (χ0v) is 9.06. The Morgan fingerprint density at radius 3 is 3.12 bits per heavy atom. The predicted octanol–water partition coefficient (Wildman–Crippen LogP) is -0.409. The summed E-state index contributed by atoms with van der Waals surface area (Å²) < 4.78 is 1.55. The second-order valence-corrected chi connectivity index (χ2v) is 3.28. The summed E-state index contributed by atoms with van der Waals surface area (Å²) in [5, 5.41) is 9.52. The molecular weight excluding hydrogens is 208 g/mol. The lowest BCUT2D eigenvalue weighted by Crippen LogP contribution is -2.26. The van der Waals surface area contributed by atoms with Crippen LogP contribution < -0.4 is 10.6 Å². The number of aryl methyl sites for hydroxylation is 1. The van der Waals surface area contributed by atoms with Gasteiger partial charge in [-0.25, -0.2) is 4.98 Å². The van der Waals surface area contributed by atoms with E-state index in [1.807, 2.05) is 13.0 Å². The fourth-order valence-corrected chi connectivity index (χ4v) is 1.32. The summed E-state index contributed by atoms with van der Waals surface area (Å²) in [5.74, 6) is 1.12. The summed E-state index contributed by atoms with van der Waals surface area (Å²) in [6.07, 6.45) is 1.42. The summed E-state index contributed by atoms with van der Waals surface area (Å²) in [4.78, 5) is 19.3. The van der Waals surface area contributed by atoms with Gasteiger partial charge in [0.1, 0.15) is 12.1 Å². The zero-order chi connectivity index (χ0) is 11.5. The molecule has 0 radical (unpaired) electrons. The Morgan fingerprint density at radius 1 is 1.56 bits per heavy atom. The molecule has 0 aliphatic rings. The van der Waals surface area contributed by atoms with Crippen molar-refractivity contribution >= 4 is 17.5 Å². The Balaban J connectivity index is 2.28. The number of hydrogen-bond donors (Lipinski definition) is 2. The van der Waals surface area contributed by atoms with E-state index in [9.17, 15) is 4.79 Å². The molecule has 0 saturated heterocycles. The Labute approximate surface area is 91.9 Å². The van der Waals surface area contributed by atoms with Crippen LogP contribution in [-0.4, -0.2) is 39.1 Å². The average Bonchev–Trinajstić information content (AvgIpc) is 2.73. The van der Waals surface area contributed by atoms with Crippen LogP contribution in [0.2, 0.25) is 0 Å². The van der Waals surface area contributed by atoms with Crippen LogP contribution in [0.1, 0.15) is 5.69 Å². The van der Waals surface area contributed by atoms with Gasteiger partial charge in [0.05, 0.1) is 6.54 Å². The quantitative estimate of drug-likeness (QED) is 0.734. The number of likely N-dealkylation sites (N-methyl/N-ethyl adjacent to an activating group) is 1. The molecule has 0 atom stereocenters. The van der Waals surface area contributed by atoms with E-state index in [1.165, 1.54) is 6.33 Å². The first-order valence-electron chi connectivity index (χ1n) is 4.82. The highest BCUT2D eigenvalue weighted by atomic mass is 16.1. The first kappa shape index (κ1) is 10.3. The molecule has 16 heavy (non-hydrogen) atoms. The lowest BCUT2D eigenvalue weighted by atomic mass is 10.4. The fourth-order valence-electron chi connectivity index (χ4n) is 1.32. The number of fused-ring (bicyclic) bond motifs is 1. The molecule has 0 spiro atoms. The van der Waals surface area contributed by atoms with Gasteiger partial charge in [0.2, 0.25) is 5.91 Å². The number of anilines is 1. The van der Waals surface area contributed by atoms with Gasteiger partial charge in [0.25, 0.3) is 5.78 Å². The van der Waals surface area contributed by atoms with Crippen LogP contribution in [0.4, 0.5) is 5.82 Å². The molecule has 0 aromatic carbocycles. The third kappa shape index (κ3) is 1.92. The van der Waals surface area contributed by atoms with Gasteiger partial charge in [0, 0.05) is 18.8 Å². The van der Waals surface area contributed by atoms with Crippen LogP contribution >= 0.6 is 0 Å². The smallest absolute Gasteiger partial charge is 0.254 e. The van der Waals surface area contributed by atoms with Crippen molar-refractivity contribution in [3.63, 3.8) is 0 Å². The van der Waals surface area contributed by atoms with Gasteiger partial charge in [0.15, 0.2) is 0 Å². The molecule has 0 bridgehead atoms. The van der Waals surface area contributed by atoms with Crippen molar-refractivity contribution in [3.05, 3.63) is 18.1 Å². The van der Waals surface area contributed by atoms with Crippen molar-refractivity contribution < 1.29 is 4.79 Å². The number of nitrogens with zero attached hydrogens (tertiary/aromatic N) is 4. The van der Waals surface area contributed by atoms with E-state index in [0.717, 1.165) is 5.69 Å². The summed E-state index contributed by atoms with van der Waals surface area (Å²) >= 11 is 0. The van der Waals surface area contributed by atoms with Crippen molar-refractivity contribution in [3.8, 4) is 0 Å². The minimum Gasteiger partial charge on any atom is -0.361 e. The van der Waals surface area contributed by atoms with E-state index in [1.54, 1.807) is 11.6 Å². The maximum atomic E-state index is 11.1. The number of nitrogens with one attached hydrogen (secondary N) is 2. The Morgan fingerprint density at radius 2 is 2.38 bits per heavy atom. The Bertz CT molecular complexity index is 520. The van der Waals surface area contributed by atoms with Crippen LogP contribution in [-0.2, 0) is 4.79 Å². The minimum absolute atomic E-state index is 0.0947. The van der Waals surface area contributed by atoms with Gasteiger partial charge in [-0.1, -0.05) is 0 Å². The van der Waals surface area contributed by atoms with Crippen LogP contribution in [0.15, 0.2) is 12.4 Å². The van der Waals surface area contributed by atoms with E-state index in [-0.39, 0.29) is 12.5 Å². The van der Waals surface area contributed by atoms with E-state index < -0.39 is 0 Å². The third-order valence-corrected chi connectivity index (χ3v) is 2.09. The number of carbonyl (C=O) groups excluding carboxylic acids is 1. The first-order valence-corrected chi connectivity index (χ1v) is 4.82. The third-order valence-electron chi connectivity index (χ3n) is 2.09. The second kappa shape index (κ2) is 4.13. The van der Waals surface area contributed by atoms with Crippen LogP contribution in [0.3, 0.4) is 0 Å².